The van der Waals surface area contributed by atoms with E-state index >= 15 is 0 Å². The number of carbonyl (C=O) groups excluding carboxylic acids is 2. The van der Waals surface area contributed by atoms with Crippen LogP contribution in [0.15, 0.2) is 0 Å². The van der Waals surface area contributed by atoms with Crippen molar-refractivity contribution in [1.82, 2.24) is 10.2 Å². The minimum Gasteiger partial charge on any atom is -0.343 e. The molecule has 0 aliphatic carbocycles. The van der Waals surface area contributed by atoms with Crippen LogP contribution in [0.5, 0.6) is 0 Å². The van der Waals surface area contributed by atoms with Crippen LogP contribution < -0.4 is 5.32 Å². The maximum absolute atomic E-state index is 12.2. The van der Waals surface area contributed by atoms with E-state index in [0.717, 1.165) is 12.8 Å². The molecule has 17 heavy (non-hydrogen) atoms. The van der Waals surface area contributed by atoms with Gasteiger partial charge in [-0.15, -0.1) is 0 Å². The lowest BCUT2D eigenvalue weighted by molar-refractivity contribution is -0.144. The van der Waals surface area contributed by atoms with Crippen LogP contribution in [0.25, 0.3) is 0 Å². The zero-order chi connectivity index (χ0) is 13.1. The fraction of sp³-hybridized carbons (Fsp3) is 0.833. The zero-order valence-electron chi connectivity index (χ0n) is 11.1. The normalized spacial score (nSPS) is 21.6. The Morgan fingerprint density at radius 3 is 2.65 bits per heavy atom. The Morgan fingerprint density at radius 1 is 1.47 bits per heavy atom. The van der Waals surface area contributed by atoms with E-state index in [1.807, 2.05) is 13.2 Å². The molecule has 2 amide bonds. The van der Waals surface area contributed by atoms with E-state index < -0.39 is 0 Å². The fourth-order valence-electron chi connectivity index (χ4n) is 1.92. The molecule has 1 saturated heterocycles. The molecule has 1 rings (SSSR count). The molecule has 0 bridgehead atoms. The Kier molecular flexibility index (Phi) is 4.86. The van der Waals surface area contributed by atoms with Gasteiger partial charge in [0.1, 0.15) is 6.04 Å². The van der Waals surface area contributed by atoms with Crippen molar-refractivity contribution >= 4 is 23.6 Å². The quantitative estimate of drug-likeness (QED) is 0.807. The predicted octanol–water partition coefficient (Wildman–Crippen LogP) is 1.26. The van der Waals surface area contributed by atoms with Gasteiger partial charge in [-0.05, 0) is 26.5 Å². The zero-order valence-corrected chi connectivity index (χ0v) is 11.9. The molecule has 5 heteroatoms. The number of thioether (sulfide) groups is 1. The third kappa shape index (κ3) is 3.91. The average molecular weight is 258 g/mol. The lowest BCUT2D eigenvalue weighted by atomic mass is 10.1. The molecule has 1 aliphatic heterocycles. The van der Waals surface area contributed by atoms with Crippen LogP contribution in [0.1, 0.15) is 33.6 Å². The van der Waals surface area contributed by atoms with Crippen molar-refractivity contribution in [2.75, 3.05) is 19.3 Å². The molecule has 98 valence electrons. The van der Waals surface area contributed by atoms with Gasteiger partial charge in [0.15, 0.2) is 0 Å². The first-order chi connectivity index (χ1) is 7.89. The van der Waals surface area contributed by atoms with Crippen molar-refractivity contribution in [3.63, 3.8) is 0 Å². The van der Waals surface area contributed by atoms with Gasteiger partial charge in [0.2, 0.25) is 11.8 Å². The highest BCUT2D eigenvalue weighted by molar-refractivity contribution is 7.99. The molecule has 1 fully saturated rings. The van der Waals surface area contributed by atoms with Gasteiger partial charge < -0.3 is 10.2 Å². The Morgan fingerprint density at radius 2 is 2.12 bits per heavy atom. The van der Waals surface area contributed by atoms with E-state index in [-0.39, 0.29) is 29.1 Å². The van der Waals surface area contributed by atoms with Crippen LogP contribution in [-0.2, 0) is 9.59 Å². The van der Waals surface area contributed by atoms with Crippen molar-refractivity contribution in [3.8, 4) is 0 Å². The smallest absolute Gasteiger partial charge is 0.245 e. The van der Waals surface area contributed by atoms with Gasteiger partial charge in [0.05, 0.1) is 6.54 Å². The number of piperazine rings is 1. The molecule has 0 saturated carbocycles. The first-order valence-electron chi connectivity index (χ1n) is 6.03. The second-order valence-corrected chi connectivity index (χ2v) is 6.58. The minimum absolute atomic E-state index is 0.00988. The number of hydrogen-bond acceptors (Lipinski definition) is 3. The summed E-state index contributed by atoms with van der Waals surface area (Å²) in [4.78, 5) is 25.4. The first-order valence-corrected chi connectivity index (χ1v) is 7.25. The predicted molar refractivity (Wildman–Crippen MR) is 71.0 cm³/mol. The van der Waals surface area contributed by atoms with E-state index in [1.54, 1.807) is 16.7 Å². The summed E-state index contributed by atoms with van der Waals surface area (Å²) in [5.74, 6) is 0.0218. The summed E-state index contributed by atoms with van der Waals surface area (Å²) in [7, 11) is 0. The molecule has 1 atom stereocenters. The molecular formula is C12H22N2O2S. The molecule has 0 spiro atoms. The second kappa shape index (κ2) is 5.76. The van der Waals surface area contributed by atoms with Crippen LogP contribution in [-0.4, -0.2) is 46.8 Å². The molecule has 1 unspecified atom stereocenters. The average Bonchev–Trinajstić information content (AvgIpc) is 2.25. The lowest BCUT2D eigenvalue weighted by Crippen LogP contribution is -2.59. The number of hydrogen-bond donors (Lipinski definition) is 1. The molecule has 0 aromatic rings. The van der Waals surface area contributed by atoms with Crippen molar-refractivity contribution < 1.29 is 9.59 Å². The molecule has 1 N–H and O–H groups in total. The van der Waals surface area contributed by atoms with Crippen LogP contribution in [0.3, 0.4) is 0 Å². The largest absolute Gasteiger partial charge is 0.343 e. The summed E-state index contributed by atoms with van der Waals surface area (Å²) in [6.45, 7) is 7.02. The van der Waals surface area contributed by atoms with E-state index in [0.29, 0.717) is 6.54 Å². The highest BCUT2D eigenvalue weighted by Gasteiger charge is 2.34. The fourth-order valence-corrected chi connectivity index (χ4v) is 2.20. The number of carbonyl (C=O) groups is 2. The van der Waals surface area contributed by atoms with E-state index in [9.17, 15) is 9.59 Å². The highest BCUT2D eigenvalue weighted by atomic mass is 32.2. The lowest BCUT2D eigenvalue weighted by Gasteiger charge is -2.37. The molecule has 1 aliphatic rings. The number of nitrogens with one attached hydrogen (secondary N) is 1. The van der Waals surface area contributed by atoms with Crippen molar-refractivity contribution in [3.05, 3.63) is 0 Å². The monoisotopic (exact) mass is 258 g/mol. The standard InChI is InChI=1S/C12H22N2O2S/c1-5-6-9-11(16)14(7-10(15)13-9)8-12(2,3)17-4/h9H,5-8H2,1-4H3,(H,13,15). The Bertz CT molecular complexity index is 305. The molecular weight excluding hydrogens is 236 g/mol. The van der Waals surface area contributed by atoms with Gasteiger partial charge in [0, 0.05) is 11.3 Å². The van der Waals surface area contributed by atoms with Gasteiger partial charge >= 0.3 is 0 Å². The van der Waals surface area contributed by atoms with Crippen LogP contribution in [0.4, 0.5) is 0 Å². The van der Waals surface area contributed by atoms with E-state index in [2.05, 4.69) is 19.2 Å². The Labute approximate surface area is 108 Å². The molecule has 0 radical (unpaired) electrons. The number of nitrogens with zero attached hydrogens (tertiary/aromatic N) is 1. The SMILES string of the molecule is CCCC1NC(=O)CN(CC(C)(C)SC)C1=O. The summed E-state index contributed by atoms with van der Waals surface area (Å²) in [6, 6.07) is -0.320. The molecule has 4 nitrogen and oxygen atoms in total. The maximum Gasteiger partial charge on any atom is 0.245 e. The van der Waals surface area contributed by atoms with Gasteiger partial charge in [-0.1, -0.05) is 13.3 Å². The Balaban J connectivity index is 2.71. The second-order valence-electron chi connectivity index (χ2n) is 5.07. The number of rotatable bonds is 5. The first kappa shape index (κ1) is 14.4. The molecule has 0 aromatic carbocycles. The van der Waals surface area contributed by atoms with E-state index in [4.69, 9.17) is 0 Å². The highest BCUT2D eigenvalue weighted by Crippen LogP contribution is 2.23. The summed E-state index contributed by atoms with van der Waals surface area (Å²) in [5, 5.41) is 2.76. The van der Waals surface area contributed by atoms with Gasteiger partial charge in [0.25, 0.3) is 0 Å². The van der Waals surface area contributed by atoms with Gasteiger partial charge in [-0.25, -0.2) is 0 Å². The van der Waals surface area contributed by atoms with Crippen LogP contribution >= 0.6 is 11.8 Å². The molecule has 0 aromatic heterocycles. The van der Waals surface area contributed by atoms with Crippen molar-refractivity contribution in [2.24, 2.45) is 0 Å². The third-order valence-corrected chi connectivity index (χ3v) is 4.22. The summed E-state index contributed by atoms with van der Waals surface area (Å²) in [5.41, 5.74) is 0. The van der Waals surface area contributed by atoms with Crippen molar-refractivity contribution in [2.45, 2.75) is 44.4 Å². The Hall–Kier alpha value is -0.710. The summed E-state index contributed by atoms with van der Waals surface area (Å²) < 4.78 is -0.00988. The van der Waals surface area contributed by atoms with Gasteiger partial charge in [-0.2, -0.15) is 11.8 Å². The minimum atomic E-state index is -0.320. The van der Waals surface area contributed by atoms with Gasteiger partial charge in [-0.3, -0.25) is 9.59 Å². The van der Waals surface area contributed by atoms with E-state index in [1.165, 1.54) is 0 Å². The summed E-state index contributed by atoms with van der Waals surface area (Å²) in [6.07, 6.45) is 3.65. The third-order valence-electron chi connectivity index (χ3n) is 2.98. The summed E-state index contributed by atoms with van der Waals surface area (Å²) >= 11 is 1.71. The van der Waals surface area contributed by atoms with Crippen LogP contribution in [0.2, 0.25) is 0 Å². The maximum atomic E-state index is 12.2. The molecule has 1 heterocycles. The number of amides is 2. The topological polar surface area (TPSA) is 49.4 Å². The van der Waals surface area contributed by atoms with Crippen LogP contribution in [0, 0.1) is 0 Å². The van der Waals surface area contributed by atoms with Crippen molar-refractivity contribution in [1.29, 1.82) is 0 Å².